The van der Waals surface area contributed by atoms with E-state index < -0.39 is 0 Å². The Bertz CT molecular complexity index is 423. The number of hydrogen-bond acceptors (Lipinski definition) is 2. The number of aromatic nitrogens is 2. The smallest absolute Gasteiger partial charge is 0.0886 e. The summed E-state index contributed by atoms with van der Waals surface area (Å²) in [7, 11) is 0. The fourth-order valence-corrected chi connectivity index (χ4v) is 2.09. The summed E-state index contributed by atoms with van der Waals surface area (Å²) in [5, 5.41) is 0. The first-order valence-electron chi connectivity index (χ1n) is 4.60. The molecule has 3 rings (SSSR count). The maximum atomic E-state index is 4.12. The number of benzene rings is 1. The van der Waals surface area contributed by atoms with Crippen molar-refractivity contribution < 1.29 is 0 Å². The van der Waals surface area contributed by atoms with Gasteiger partial charge in [0.25, 0.3) is 0 Å². The second kappa shape index (κ2) is 5.44. The fraction of sp³-hybridized carbons (Fsp3) is 0. The summed E-state index contributed by atoms with van der Waals surface area (Å²) in [5.41, 5.74) is 1.90. The van der Waals surface area contributed by atoms with E-state index in [1.54, 1.807) is 12.4 Å². The van der Waals surface area contributed by atoms with Crippen molar-refractivity contribution in [3.8, 4) is 0 Å². The molecule has 0 saturated heterocycles. The van der Waals surface area contributed by atoms with E-state index in [0.717, 1.165) is 11.0 Å². The number of fused-ring (bicyclic) bond motifs is 1. The third-order valence-electron chi connectivity index (χ3n) is 1.80. The van der Waals surface area contributed by atoms with Crippen LogP contribution in [0.3, 0.4) is 0 Å². The number of rotatable bonds is 0. The van der Waals surface area contributed by atoms with Gasteiger partial charge < -0.3 is 0 Å². The van der Waals surface area contributed by atoms with Crippen molar-refractivity contribution in [2.45, 2.75) is 0 Å². The molecule has 0 saturated carbocycles. The molecule has 0 aliphatic carbocycles. The van der Waals surface area contributed by atoms with Gasteiger partial charge in [-0.3, -0.25) is 9.97 Å². The normalized spacial score (nSPS) is 9.33. The van der Waals surface area contributed by atoms with Crippen molar-refractivity contribution in [1.29, 1.82) is 0 Å². The molecule has 0 atom stereocenters. The van der Waals surface area contributed by atoms with E-state index in [2.05, 4.69) is 32.0 Å². The van der Waals surface area contributed by atoms with Crippen LogP contribution in [0.5, 0.6) is 0 Å². The molecular formula is C12H10N2Se. The average molecular weight is 261 g/mol. The Labute approximate surface area is 94.4 Å². The molecule has 15 heavy (non-hydrogen) atoms. The average Bonchev–Trinajstić information content (AvgIpc) is 2.88. The van der Waals surface area contributed by atoms with Crippen LogP contribution in [0.4, 0.5) is 0 Å². The van der Waals surface area contributed by atoms with Gasteiger partial charge in [0.2, 0.25) is 0 Å². The Morgan fingerprint density at radius 1 is 0.733 bits per heavy atom. The Morgan fingerprint density at radius 3 is 1.67 bits per heavy atom. The number of hydrogen-bond donors (Lipinski definition) is 0. The zero-order chi connectivity index (χ0) is 10.3. The van der Waals surface area contributed by atoms with E-state index in [-0.39, 0.29) is 0 Å². The zero-order valence-electron chi connectivity index (χ0n) is 8.08. The summed E-state index contributed by atoms with van der Waals surface area (Å²) in [6.07, 6.45) is 3.39. The molecule has 2 heterocycles. The van der Waals surface area contributed by atoms with Gasteiger partial charge in [-0.25, -0.2) is 0 Å². The molecule has 0 fully saturated rings. The molecule has 0 unspecified atom stereocenters. The molecule has 2 nitrogen and oxygen atoms in total. The van der Waals surface area contributed by atoms with E-state index in [1.807, 2.05) is 24.3 Å². The second-order valence-corrected chi connectivity index (χ2v) is 4.55. The van der Waals surface area contributed by atoms with Crippen LogP contribution in [0.25, 0.3) is 11.0 Å². The van der Waals surface area contributed by atoms with E-state index in [4.69, 9.17) is 0 Å². The molecule has 0 amide bonds. The Hall–Kier alpha value is -1.44. The first-order chi connectivity index (χ1) is 7.47. The summed E-state index contributed by atoms with van der Waals surface area (Å²) in [6.45, 7) is 0. The van der Waals surface area contributed by atoms with Gasteiger partial charge in [0.1, 0.15) is 0 Å². The van der Waals surface area contributed by atoms with E-state index >= 15 is 0 Å². The van der Waals surface area contributed by atoms with Crippen LogP contribution in [0.1, 0.15) is 0 Å². The summed E-state index contributed by atoms with van der Waals surface area (Å²) in [4.78, 5) is 12.6. The molecular weight excluding hydrogens is 251 g/mol. The van der Waals surface area contributed by atoms with E-state index in [0.29, 0.717) is 14.5 Å². The molecule has 0 bridgehead atoms. The van der Waals surface area contributed by atoms with Crippen LogP contribution < -0.4 is 0 Å². The van der Waals surface area contributed by atoms with Gasteiger partial charge in [-0.1, -0.05) is 12.1 Å². The summed E-state index contributed by atoms with van der Waals surface area (Å²) >= 11 is 0.708. The molecule has 0 N–H and O–H groups in total. The Morgan fingerprint density at radius 2 is 1.27 bits per heavy atom. The van der Waals surface area contributed by atoms with Crippen LogP contribution in [0.2, 0.25) is 0 Å². The predicted octanol–water partition coefficient (Wildman–Crippen LogP) is 2.37. The van der Waals surface area contributed by atoms with Gasteiger partial charge in [-0.2, -0.15) is 0 Å². The third-order valence-corrected chi connectivity index (χ3v) is 3.12. The standard InChI is InChI=1S/C8H6N2.C4H4Se/c1-2-4-8-7(3-1)9-5-6-10-8;1-2-4-5-3-1/h1-6H;1-4H. The Kier molecular flexibility index (Phi) is 3.66. The topological polar surface area (TPSA) is 25.8 Å². The van der Waals surface area contributed by atoms with E-state index in [1.165, 1.54) is 0 Å². The summed E-state index contributed by atoms with van der Waals surface area (Å²) in [5.74, 6) is 0. The fourth-order valence-electron chi connectivity index (χ4n) is 1.14. The van der Waals surface area contributed by atoms with Gasteiger partial charge in [-0.05, 0) is 12.1 Å². The Balaban J connectivity index is 0.000000144. The van der Waals surface area contributed by atoms with Crippen molar-refractivity contribution in [3.05, 3.63) is 58.7 Å². The molecule has 0 aliphatic heterocycles. The molecule has 0 aliphatic rings. The van der Waals surface area contributed by atoms with Gasteiger partial charge in [0.05, 0.1) is 11.0 Å². The van der Waals surface area contributed by atoms with Crippen LogP contribution in [-0.2, 0) is 0 Å². The molecule has 0 radical (unpaired) electrons. The molecule has 74 valence electrons. The minimum Gasteiger partial charge on any atom is -0.253 e. The number of nitrogens with zero attached hydrogens (tertiary/aromatic N) is 2. The van der Waals surface area contributed by atoms with Crippen LogP contribution in [0, 0.1) is 0 Å². The first kappa shape index (κ1) is 10.1. The zero-order valence-corrected chi connectivity index (χ0v) is 9.79. The molecule has 3 aromatic rings. The van der Waals surface area contributed by atoms with E-state index in [9.17, 15) is 0 Å². The van der Waals surface area contributed by atoms with Crippen molar-refractivity contribution in [2.24, 2.45) is 0 Å². The van der Waals surface area contributed by atoms with Crippen molar-refractivity contribution in [2.75, 3.05) is 0 Å². The van der Waals surface area contributed by atoms with Crippen molar-refractivity contribution in [1.82, 2.24) is 9.97 Å². The summed E-state index contributed by atoms with van der Waals surface area (Å²) in [6, 6.07) is 12.0. The van der Waals surface area contributed by atoms with Gasteiger partial charge in [-0.15, -0.1) is 0 Å². The summed E-state index contributed by atoms with van der Waals surface area (Å²) < 4.78 is 0. The van der Waals surface area contributed by atoms with Crippen LogP contribution in [-0.4, -0.2) is 24.5 Å². The SMILES string of the molecule is c1cc[se]c1.c1ccc2nccnc2c1. The third kappa shape index (κ3) is 3.01. The first-order valence-corrected chi connectivity index (χ1v) is 6.57. The molecule has 1 aromatic carbocycles. The predicted molar refractivity (Wildman–Crippen MR) is 62.9 cm³/mol. The van der Waals surface area contributed by atoms with Gasteiger partial charge >= 0.3 is 36.5 Å². The largest absolute Gasteiger partial charge is 0.253 e. The van der Waals surface area contributed by atoms with Crippen LogP contribution >= 0.6 is 0 Å². The maximum Gasteiger partial charge on any atom is 0.0886 e. The maximum absolute atomic E-state index is 4.12. The molecule has 3 heteroatoms. The minimum atomic E-state index is 0.708. The van der Waals surface area contributed by atoms with Gasteiger partial charge in [0, 0.05) is 12.4 Å². The van der Waals surface area contributed by atoms with Crippen molar-refractivity contribution in [3.63, 3.8) is 0 Å². The van der Waals surface area contributed by atoms with Crippen molar-refractivity contribution >= 4 is 25.5 Å². The molecule has 0 spiro atoms. The second-order valence-electron chi connectivity index (χ2n) is 2.84. The van der Waals surface area contributed by atoms with Crippen LogP contribution in [0.15, 0.2) is 58.7 Å². The van der Waals surface area contributed by atoms with Gasteiger partial charge in [0.15, 0.2) is 0 Å². The molecule has 2 aromatic heterocycles. The monoisotopic (exact) mass is 262 g/mol. The quantitative estimate of drug-likeness (QED) is 0.581. The number of para-hydroxylation sites is 2. The minimum absolute atomic E-state index is 0.708.